The van der Waals surface area contributed by atoms with Gasteiger partial charge in [-0.25, -0.2) is 9.97 Å². The van der Waals surface area contributed by atoms with E-state index in [-0.39, 0.29) is 11.5 Å². The van der Waals surface area contributed by atoms with Crippen LogP contribution >= 0.6 is 0 Å². The van der Waals surface area contributed by atoms with Crippen LogP contribution in [-0.4, -0.2) is 17.1 Å². The van der Waals surface area contributed by atoms with Gasteiger partial charge in [0.25, 0.3) is 0 Å². The van der Waals surface area contributed by atoms with Crippen LogP contribution in [0, 0.1) is 12.3 Å². The smallest absolute Gasteiger partial charge is 0.160 e. The summed E-state index contributed by atoms with van der Waals surface area (Å²) < 4.78 is 5.61. The summed E-state index contributed by atoms with van der Waals surface area (Å²) in [6.45, 7) is 8.24. The van der Waals surface area contributed by atoms with Gasteiger partial charge in [-0.3, -0.25) is 0 Å². The lowest BCUT2D eigenvalue weighted by Gasteiger charge is -2.28. The monoisotopic (exact) mass is 285 g/mol. The van der Waals surface area contributed by atoms with E-state index in [9.17, 15) is 0 Å². The summed E-state index contributed by atoms with van der Waals surface area (Å²) in [6.07, 6.45) is -0.206. The molecule has 2 aromatic rings. The molecule has 4 heteroatoms. The van der Waals surface area contributed by atoms with Gasteiger partial charge in [-0.05, 0) is 12.3 Å². The van der Waals surface area contributed by atoms with Crippen molar-refractivity contribution in [3.63, 3.8) is 0 Å². The van der Waals surface area contributed by atoms with E-state index in [1.807, 2.05) is 37.3 Å². The third kappa shape index (κ3) is 3.22. The fraction of sp³-hybridized carbons (Fsp3) is 0.412. The number of nitrogen functional groups attached to an aromatic ring is 1. The van der Waals surface area contributed by atoms with Crippen LogP contribution in [0.4, 0.5) is 5.82 Å². The second kappa shape index (κ2) is 5.82. The highest BCUT2D eigenvalue weighted by molar-refractivity contribution is 5.67. The summed E-state index contributed by atoms with van der Waals surface area (Å²) in [5.41, 5.74) is 8.78. The van der Waals surface area contributed by atoms with Crippen LogP contribution in [-0.2, 0) is 4.74 Å². The lowest BCUT2D eigenvalue weighted by Crippen LogP contribution is -2.23. The third-order valence-corrected chi connectivity index (χ3v) is 3.50. The summed E-state index contributed by atoms with van der Waals surface area (Å²) >= 11 is 0. The molecule has 0 aliphatic heterocycles. The Labute approximate surface area is 126 Å². The molecule has 0 saturated heterocycles. The van der Waals surface area contributed by atoms with Crippen LogP contribution in [0.5, 0.6) is 0 Å². The number of ether oxygens (including phenoxy) is 1. The van der Waals surface area contributed by atoms with E-state index in [4.69, 9.17) is 15.5 Å². The van der Waals surface area contributed by atoms with E-state index in [2.05, 4.69) is 25.8 Å². The van der Waals surface area contributed by atoms with Gasteiger partial charge >= 0.3 is 0 Å². The van der Waals surface area contributed by atoms with Crippen LogP contribution in [0.3, 0.4) is 0 Å². The molecule has 2 N–H and O–H groups in total. The predicted octanol–water partition coefficient (Wildman–Crippen LogP) is 3.77. The highest BCUT2D eigenvalue weighted by Gasteiger charge is 2.29. The average molecular weight is 285 g/mol. The molecule has 1 aromatic heterocycles. The number of nitrogens with zero attached hydrogens (tertiary/aromatic N) is 2. The van der Waals surface area contributed by atoms with Crippen molar-refractivity contribution in [2.75, 3.05) is 12.8 Å². The molecule has 0 aliphatic carbocycles. The van der Waals surface area contributed by atoms with E-state index in [0.29, 0.717) is 11.6 Å². The number of aromatic nitrogens is 2. The number of nitrogens with two attached hydrogens (primary N) is 1. The average Bonchev–Trinajstić information content (AvgIpc) is 2.42. The molecule has 112 valence electrons. The quantitative estimate of drug-likeness (QED) is 0.932. The van der Waals surface area contributed by atoms with Gasteiger partial charge in [-0.15, -0.1) is 0 Å². The Morgan fingerprint density at radius 1 is 1.10 bits per heavy atom. The van der Waals surface area contributed by atoms with E-state index in [1.165, 1.54) is 0 Å². The topological polar surface area (TPSA) is 61.0 Å². The number of anilines is 1. The lowest BCUT2D eigenvalue weighted by atomic mass is 9.88. The number of hydrogen-bond acceptors (Lipinski definition) is 4. The maximum Gasteiger partial charge on any atom is 0.160 e. The minimum Gasteiger partial charge on any atom is -0.383 e. The summed E-state index contributed by atoms with van der Waals surface area (Å²) in [5, 5.41) is 0. The first kappa shape index (κ1) is 15.4. The maximum absolute atomic E-state index is 6.09. The normalized spacial score (nSPS) is 13.2. The summed E-state index contributed by atoms with van der Waals surface area (Å²) in [5.74, 6) is 1.14. The Morgan fingerprint density at radius 3 is 2.24 bits per heavy atom. The highest BCUT2D eigenvalue weighted by atomic mass is 16.5. The van der Waals surface area contributed by atoms with Crippen molar-refractivity contribution in [1.29, 1.82) is 0 Å². The molecule has 1 aromatic carbocycles. The van der Waals surface area contributed by atoms with Gasteiger partial charge in [0, 0.05) is 18.2 Å². The molecule has 1 unspecified atom stereocenters. The van der Waals surface area contributed by atoms with Crippen molar-refractivity contribution >= 4 is 5.82 Å². The molecule has 0 amide bonds. The minimum atomic E-state index is -0.206. The molecule has 4 nitrogen and oxygen atoms in total. The second-order valence-electron chi connectivity index (χ2n) is 6.29. The number of rotatable bonds is 3. The molecule has 0 spiro atoms. The first-order valence-electron chi connectivity index (χ1n) is 7.07. The third-order valence-electron chi connectivity index (χ3n) is 3.50. The van der Waals surface area contributed by atoms with Gasteiger partial charge in [-0.2, -0.15) is 0 Å². The molecular formula is C17H23N3O. The van der Waals surface area contributed by atoms with Crippen LogP contribution in [0.1, 0.15) is 38.3 Å². The minimum absolute atomic E-state index is 0.107. The van der Waals surface area contributed by atoms with Crippen LogP contribution in [0.25, 0.3) is 11.3 Å². The van der Waals surface area contributed by atoms with Gasteiger partial charge in [0.05, 0.1) is 5.69 Å². The molecule has 1 atom stereocenters. The summed E-state index contributed by atoms with van der Waals surface area (Å²) in [7, 11) is 1.68. The molecule has 0 radical (unpaired) electrons. The molecule has 0 bridgehead atoms. The van der Waals surface area contributed by atoms with E-state index >= 15 is 0 Å². The van der Waals surface area contributed by atoms with Crippen LogP contribution in [0.2, 0.25) is 0 Å². The molecule has 21 heavy (non-hydrogen) atoms. The van der Waals surface area contributed by atoms with Crippen molar-refractivity contribution in [3.8, 4) is 11.3 Å². The van der Waals surface area contributed by atoms with Crippen molar-refractivity contribution in [2.24, 2.45) is 5.41 Å². The van der Waals surface area contributed by atoms with Gasteiger partial charge in [0.2, 0.25) is 0 Å². The Hall–Kier alpha value is -1.94. The predicted molar refractivity (Wildman–Crippen MR) is 85.8 cm³/mol. The van der Waals surface area contributed by atoms with Gasteiger partial charge in [0.15, 0.2) is 5.82 Å². The van der Waals surface area contributed by atoms with E-state index in [1.54, 1.807) is 7.11 Å². The van der Waals surface area contributed by atoms with Gasteiger partial charge in [-0.1, -0.05) is 51.1 Å². The number of hydrogen-bond donors (Lipinski definition) is 1. The van der Waals surface area contributed by atoms with Gasteiger partial charge < -0.3 is 10.5 Å². The van der Waals surface area contributed by atoms with Crippen molar-refractivity contribution in [2.45, 2.75) is 33.8 Å². The Morgan fingerprint density at radius 2 is 1.71 bits per heavy atom. The molecule has 0 fully saturated rings. The fourth-order valence-electron chi connectivity index (χ4n) is 2.39. The van der Waals surface area contributed by atoms with Crippen molar-refractivity contribution in [1.82, 2.24) is 9.97 Å². The van der Waals surface area contributed by atoms with Crippen LogP contribution in [0.15, 0.2) is 30.3 Å². The summed E-state index contributed by atoms with van der Waals surface area (Å²) in [6, 6.07) is 10.0. The SMILES string of the molecule is COC(c1nc(N)c(C)c(-c2ccccc2)n1)C(C)(C)C. The zero-order valence-corrected chi connectivity index (χ0v) is 13.3. The molecule has 0 saturated carbocycles. The number of benzene rings is 1. The zero-order valence-electron chi connectivity index (χ0n) is 13.3. The van der Waals surface area contributed by atoms with E-state index in [0.717, 1.165) is 16.8 Å². The first-order chi connectivity index (χ1) is 9.84. The largest absolute Gasteiger partial charge is 0.383 e. The molecule has 1 heterocycles. The van der Waals surface area contributed by atoms with Crippen molar-refractivity contribution < 1.29 is 4.74 Å². The molecule has 0 aliphatic rings. The highest BCUT2D eigenvalue weighted by Crippen LogP contribution is 2.35. The Balaban J connectivity index is 2.59. The zero-order chi connectivity index (χ0) is 15.6. The number of methoxy groups -OCH3 is 1. The second-order valence-corrected chi connectivity index (χ2v) is 6.29. The Bertz CT molecular complexity index is 618. The van der Waals surface area contributed by atoms with Crippen molar-refractivity contribution in [3.05, 3.63) is 41.7 Å². The lowest BCUT2D eigenvalue weighted by molar-refractivity contribution is 0.00883. The molecule has 2 rings (SSSR count). The van der Waals surface area contributed by atoms with Crippen LogP contribution < -0.4 is 5.73 Å². The first-order valence-corrected chi connectivity index (χ1v) is 7.07. The molecular weight excluding hydrogens is 262 g/mol. The van der Waals surface area contributed by atoms with Gasteiger partial charge in [0.1, 0.15) is 11.9 Å². The standard InChI is InChI=1S/C17H23N3O/c1-11-13(12-9-7-6-8-10-12)19-16(20-15(11)18)14(21-5)17(2,3)4/h6-10,14H,1-5H3,(H2,18,19,20). The Kier molecular flexibility index (Phi) is 4.28. The summed E-state index contributed by atoms with van der Waals surface area (Å²) in [4.78, 5) is 9.16. The fourth-order valence-corrected chi connectivity index (χ4v) is 2.39. The van der Waals surface area contributed by atoms with E-state index < -0.39 is 0 Å². The maximum atomic E-state index is 6.09.